The average molecular weight is 374 g/mol. The molecule has 2 amide bonds. The van der Waals surface area contributed by atoms with E-state index in [2.05, 4.69) is 20.1 Å². The molecular weight excluding hydrogens is 348 g/mol. The number of rotatable bonds is 4. The standard InChI is InChI=1S/C16H26N2O8/c1-15(2,3)25-13(21)17-9(11(19)23-7)10(12(20)24-8)18-14(22)26-16(4,5)6/h1-8H3,(H,17,21)(H,18,22)/b10-9-. The average Bonchev–Trinajstić information content (AvgIpc) is 2.45. The third-order valence-corrected chi connectivity index (χ3v) is 2.28. The minimum absolute atomic E-state index is 0.667. The van der Waals surface area contributed by atoms with Crippen molar-refractivity contribution >= 4 is 24.1 Å². The van der Waals surface area contributed by atoms with E-state index in [4.69, 9.17) is 9.47 Å². The summed E-state index contributed by atoms with van der Waals surface area (Å²) in [5, 5.41) is 4.16. The summed E-state index contributed by atoms with van der Waals surface area (Å²) >= 11 is 0. The molecule has 0 rings (SSSR count). The molecular formula is C16H26N2O8. The van der Waals surface area contributed by atoms with Gasteiger partial charge in [0.15, 0.2) is 11.4 Å². The molecule has 0 saturated heterocycles. The first-order valence-electron chi connectivity index (χ1n) is 7.61. The van der Waals surface area contributed by atoms with Crippen molar-refractivity contribution in [3.63, 3.8) is 0 Å². The largest absolute Gasteiger partial charge is 0.464 e. The highest BCUT2D eigenvalue weighted by molar-refractivity contribution is 6.03. The molecule has 0 aliphatic carbocycles. The van der Waals surface area contributed by atoms with Crippen LogP contribution in [0.5, 0.6) is 0 Å². The summed E-state index contributed by atoms with van der Waals surface area (Å²) in [6.07, 6.45) is -2.07. The predicted octanol–water partition coefficient (Wildman–Crippen LogP) is 1.59. The van der Waals surface area contributed by atoms with Gasteiger partial charge in [0.05, 0.1) is 14.2 Å². The highest BCUT2D eigenvalue weighted by Crippen LogP contribution is 2.11. The monoisotopic (exact) mass is 374 g/mol. The van der Waals surface area contributed by atoms with Gasteiger partial charge in [0.1, 0.15) is 11.2 Å². The molecule has 0 spiro atoms. The summed E-state index contributed by atoms with van der Waals surface area (Å²) in [7, 11) is 2.06. The van der Waals surface area contributed by atoms with Gasteiger partial charge >= 0.3 is 24.1 Å². The van der Waals surface area contributed by atoms with Gasteiger partial charge in [-0.1, -0.05) is 0 Å². The molecule has 0 heterocycles. The van der Waals surface area contributed by atoms with Crippen LogP contribution in [0.2, 0.25) is 0 Å². The Labute approximate surface area is 152 Å². The summed E-state index contributed by atoms with van der Waals surface area (Å²) < 4.78 is 19.1. The van der Waals surface area contributed by atoms with Crippen molar-refractivity contribution in [3.05, 3.63) is 11.4 Å². The Morgan fingerprint density at radius 2 is 0.885 bits per heavy atom. The van der Waals surface area contributed by atoms with Crippen molar-refractivity contribution in [1.29, 1.82) is 0 Å². The molecule has 0 aliphatic rings. The van der Waals surface area contributed by atoms with Crippen molar-refractivity contribution in [2.45, 2.75) is 52.7 Å². The van der Waals surface area contributed by atoms with E-state index in [0.29, 0.717) is 0 Å². The van der Waals surface area contributed by atoms with Crippen LogP contribution in [0.1, 0.15) is 41.5 Å². The first-order valence-corrected chi connectivity index (χ1v) is 7.61. The molecule has 2 N–H and O–H groups in total. The van der Waals surface area contributed by atoms with Crippen molar-refractivity contribution in [1.82, 2.24) is 10.6 Å². The van der Waals surface area contributed by atoms with E-state index >= 15 is 0 Å². The number of carbonyl (C=O) groups is 4. The Balaban J connectivity index is 5.83. The molecule has 0 atom stereocenters. The fourth-order valence-electron chi connectivity index (χ4n) is 1.45. The fourth-order valence-corrected chi connectivity index (χ4v) is 1.45. The Kier molecular flexibility index (Phi) is 8.10. The van der Waals surface area contributed by atoms with Gasteiger partial charge in [0.2, 0.25) is 0 Å². The third kappa shape index (κ3) is 8.90. The molecule has 0 aromatic rings. The van der Waals surface area contributed by atoms with Crippen LogP contribution in [0.15, 0.2) is 11.4 Å². The Morgan fingerprint density at radius 1 is 0.615 bits per heavy atom. The van der Waals surface area contributed by atoms with Gasteiger partial charge in [0, 0.05) is 0 Å². The van der Waals surface area contributed by atoms with Crippen LogP contribution in [0.25, 0.3) is 0 Å². The van der Waals surface area contributed by atoms with E-state index in [0.717, 1.165) is 14.2 Å². The zero-order valence-corrected chi connectivity index (χ0v) is 16.3. The fraction of sp³-hybridized carbons (Fsp3) is 0.625. The Bertz CT molecular complexity index is 544. The smallest absolute Gasteiger partial charge is 0.412 e. The molecule has 0 radical (unpaired) electrons. The topological polar surface area (TPSA) is 129 Å². The van der Waals surface area contributed by atoms with Gasteiger partial charge < -0.3 is 18.9 Å². The highest BCUT2D eigenvalue weighted by atomic mass is 16.6. The molecule has 0 aromatic heterocycles. The predicted molar refractivity (Wildman–Crippen MR) is 89.8 cm³/mol. The van der Waals surface area contributed by atoms with Crippen LogP contribution in [0, 0.1) is 0 Å². The summed E-state index contributed by atoms with van der Waals surface area (Å²) in [5.74, 6) is -2.21. The molecule has 0 fully saturated rings. The number of amides is 2. The van der Waals surface area contributed by atoms with Crippen molar-refractivity contribution in [3.8, 4) is 0 Å². The zero-order valence-electron chi connectivity index (χ0n) is 16.3. The SMILES string of the molecule is COC(=O)/C(NC(=O)OC(C)(C)C)=C(/NC(=O)OC(C)(C)C)C(=O)OC. The number of ether oxygens (including phenoxy) is 4. The number of carbonyl (C=O) groups excluding carboxylic acids is 4. The van der Waals surface area contributed by atoms with Gasteiger partial charge in [-0.05, 0) is 41.5 Å². The van der Waals surface area contributed by atoms with Crippen LogP contribution in [0.3, 0.4) is 0 Å². The van der Waals surface area contributed by atoms with E-state index in [1.807, 2.05) is 0 Å². The summed E-state index contributed by atoms with van der Waals surface area (Å²) in [4.78, 5) is 47.9. The van der Waals surface area contributed by atoms with Crippen LogP contribution in [-0.2, 0) is 28.5 Å². The molecule has 0 aliphatic heterocycles. The minimum Gasteiger partial charge on any atom is -0.464 e. The number of hydrogen-bond acceptors (Lipinski definition) is 8. The second-order valence-electron chi connectivity index (χ2n) is 6.99. The second-order valence-corrected chi connectivity index (χ2v) is 6.99. The maximum atomic E-state index is 12.0. The number of alkyl carbamates (subject to hydrolysis) is 2. The van der Waals surface area contributed by atoms with Crippen LogP contribution in [-0.4, -0.2) is 49.5 Å². The molecule has 0 unspecified atom stereocenters. The second kappa shape index (κ2) is 9.07. The number of esters is 2. The van der Waals surface area contributed by atoms with E-state index in [1.54, 1.807) is 41.5 Å². The van der Waals surface area contributed by atoms with Crippen LogP contribution < -0.4 is 10.6 Å². The summed E-state index contributed by atoms with van der Waals surface area (Å²) in [6.45, 7) is 9.63. The summed E-state index contributed by atoms with van der Waals surface area (Å²) in [6, 6.07) is 0. The Hall–Kier alpha value is -2.78. The van der Waals surface area contributed by atoms with E-state index in [9.17, 15) is 19.2 Å². The highest BCUT2D eigenvalue weighted by Gasteiger charge is 2.29. The third-order valence-electron chi connectivity index (χ3n) is 2.28. The number of methoxy groups -OCH3 is 2. The molecule has 0 aromatic carbocycles. The van der Waals surface area contributed by atoms with Gasteiger partial charge in [-0.3, -0.25) is 10.6 Å². The van der Waals surface area contributed by atoms with Crippen LogP contribution in [0.4, 0.5) is 9.59 Å². The Morgan fingerprint density at radius 3 is 1.08 bits per heavy atom. The molecule has 0 saturated carbocycles. The van der Waals surface area contributed by atoms with E-state index < -0.39 is 46.7 Å². The lowest BCUT2D eigenvalue weighted by atomic mass is 10.2. The first kappa shape index (κ1) is 23.2. The normalized spacial score (nSPS) is 12.3. The molecule has 26 heavy (non-hydrogen) atoms. The maximum absolute atomic E-state index is 12.0. The van der Waals surface area contributed by atoms with Crippen molar-refractivity contribution < 1.29 is 38.1 Å². The molecule has 10 nitrogen and oxygen atoms in total. The number of nitrogens with one attached hydrogen (secondary N) is 2. The minimum atomic E-state index is -1.10. The van der Waals surface area contributed by atoms with Gasteiger partial charge in [-0.15, -0.1) is 0 Å². The lowest BCUT2D eigenvalue weighted by Gasteiger charge is -2.22. The lowest BCUT2D eigenvalue weighted by Crippen LogP contribution is -2.41. The van der Waals surface area contributed by atoms with E-state index in [1.165, 1.54) is 0 Å². The molecule has 0 bridgehead atoms. The lowest BCUT2D eigenvalue weighted by molar-refractivity contribution is -0.140. The quantitative estimate of drug-likeness (QED) is 0.431. The first-order chi connectivity index (χ1) is 11.7. The summed E-state index contributed by atoms with van der Waals surface area (Å²) in [5.41, 5.74) is -3.07. The van der Waals surface area contributed by atoms with Gasteiger partial charge in [0.25, 0.3) is 0 Å². The number of hydrogen-bond donors (Lipinski definition) is 2. The molecule has 10 heteroatoms. The van der Waals surface area contributed by atoms with Crippen molar-refractivity contribution in [2.24, 2.45) is 0 Å². The van der Waals surface area contributed by atoms with Crippen LogP contribution >= 0.6 is 0 Å². The van der Waals surface area contributed by atoms with Gasteiger partial charge in [-0.2, -0.15) is 0 Å². The maximum Gasteiger partial charge on any atom is 0.412 e. The van der Waals surface area contributed by atoms with E-state index in [-0.39, 0.29) is 0 Å². The van der Waals surface area contributed by atoms with Gasteiger partial charge in [-0.25, -0.2) is 19.2 Å². The zero-order chi connectivity index (χ0) is 20.7. The van der Waals surface area contributed by atoms with Crippen molar-refractivity contribution in [2.75, 3.05) is 14.2 Å². The molecule has 148 valence electrons.